The van der Waals surface area contributed by atoms with Crippen LogP contribution in [-0.2, 0) is 6.54 Å². The third-order valence-corrected chi connectivity index (χ3v) is 6.15. The first-order valence-corrected chi connectivity index (χ1v) is 11.2. The Balaban J connectivity index is 1.50. The molecule has 0 spiro atoms. The maximum absolute atomic E-state index is 11.2. The van der Waals surface area contributed by atoms with Crippen molar-refractivity contribution in [2.75, 3.05) is 11.4 Å². The van der Waals surface area contributed by atoms with Gasteiger partial charge in [0, 0.05) is 37.7 Å². The van der Waals surface area contributed by atoms with E-state index in [0.717, 1.165) is 26.9 Å². The molecule has 1 N–H and O–H groups in total. The van der Waals surface area contributed by atoms with E-state index < -0.39 is 6.10 Å². The summed E-state index contributed by atoms with van der Waals surface area (Å²) in [7, 11) is 0. The van der Waals surface area contributed by atoms with Gasteiger partial charge < -0.3 is 14.6 Å². The van der Waals surface area contributed by atoms with Gasteiger partial charge in [0.2, 0.25) is 0 Å². The van der Waals surface area contributed by atoms with Crippen molar-refractivity contribution >= 4 is 49.1 Å². The van der Waals surface area contributed by atoms with Crippen molar-refractivity contribution in [2.24, 2.45) is 0 Å². The van der Waals surface area contributed by atoms with Gasteiger partial charge in [-0.1, -0.05) is 70.5 Å². The van der Waals surface area contributed by atoms with Crippen LogP contribution in [0.5, 0.6) is 0 Å². The molecule has 1 heterocycles. The lowest BCUT2D eigenvalue weighted by molar-refractivity contribution is 0.165. The van der Waals surface area contributed by atoms with Gasteiger partial charge in [-0.2, -0.15) is 0 Å². The van der Waals surface area contributed by atoms with Crippen molar-refractivity contribution in [1.29, 1.82) is 0 Å². The smallest absolute Gasteiger partial charge is 0.0898 e. The number of aliphatic hydroxyl groups excluding tert-OH is 1. The molecule has 1 atom stereocenters. The highest BCUT2D eigenvalue weighted by molar-refractivity contribution is 9.10. The van der Waals surface area contributed by atoms with Crippen LogP contribution in [0.3, 0.4) is 0 Å². The number of para-hydroxylation sites is 3. The molecular formula is C27H23BrN2O. The predicted octanol–water partition coefficient (Wildman–Crippen LogP) is 6.76. The third-order valence-electron chi connectivity index (χ3n) is 5.66. The second-order valence-corrected chi connectivity index (χ2v) is 8.64. The average molecular weight is 471 g/mol. The highest BCUT2D eigenvalue weighted by Gasteiger charge is 2.18. The molecule has 5 rings (SSSR count). The van der Waals surface area contributed by atoms with E-state index in [1.165, 1.54) is 10.8 Å². The van der Waals surface area contributed by atoms with E-state index in [2.05, 4.69) is 92.1 Å². The van der Waals surface area contributed by atoms with Crippen LogP contribution in [0.15, 0.2) is 108 Å². The SMILES string of the molecule is OC(CN(c1ccccc1)c1ccccc1)Cn1c2ccccc2c2cc(Br)ccc21. The van der Waals surface area contributed by atoms with Gasteiger partial charge in [0.1, 0.15) is 0 Å². The Labute approximate surface area is 190 Å². The van der Waals surface area contributed by atoms with Gasteiger partial charge in [0.15, 0.2) is 0 Å². The molecule has 0 amide bonds. The summed E-state index contributed by atoms with van der Waals surface area (Å²) in [5, 5.41) is 13.6. The number of anilines is 2. The minimum atomic E-state index is -0.553. The molecule has 0 radical (unpaired) electrons. The predicted molar refractivity (Wildman–Crippen MR) is 133 cm³/mol. The van der Waals surface area contributed by atoms with Crippen LogP contribution in [0.1, 0.15) is 0 Å². The van der Waals surface area contributed by atoms with E-state index in [1.807, 2.05) is 36.4 Å². The lowest BCUT2D eigenvalue weighted by Gasteiger charge is -2.28. The van der Waals surface area contributed by atoms with Crippen molar-refractivity contribution in [3.05, 3.63) is 108 Å². The van der Waals surface area contributed by atoms with Gasteiger partial charge in [-0.25, -0.2) is 0 Å². The van der Waals surface area contributed by atoms with Crippen molar-refractivity contribution < 1.29 is 5.11 Å². The molecule has 0 bridgehead atoms. The van der Waals surface area contributed by atoms with Crippen LogP contribution in [0.25, 0.3) is 21.8 Å². The first-order valence-electron chi connectivity index (χ1n) is 10.4. The molecule has 4 aromatic carbocycles. The molecular weight excluding hydrogens is 448 g/mol. The monoisotopic (exact) mass is 470 g/mol. The number of hydrogen-bond acceptors (Lipinski definition) is 2. The van der Waals surface area contributed by atoms with E-state index in [9.17, 15) is 5.11 Å². The van der Waals surface area contributed by atoms with Gasteiger partial charge in [-0.3, -0.25) is 0 Å². The number of benzene rings is 4. The molecule has 5 aromatic rings. The summed E-state index contributed by atoms with van der Waals surface area (Å²) in [4.78, 5) is 2.18. The van der Waals surface area contributed by atoms with Crippen LogP contribution in [0.4, 0.5) is 11.4 Å². The maximum Gasteiger partial charge on any atom is 0.0898 e. The topological polar surface area (TPSA) is 28.4 Å². The largest absolute Gasteiger partial charge is 0.389 e. The average Bonchev–Trinajstić information content (AvgIpc) is 3.11. The first kappa shape index (κ1) is 19.9. The quantitative estimate of drug-likeness (QED) is 0.297. The fourth-order valence-corrected chi connectivity index (χ4v) is 4.64. The summed E-state index contributed by atoms with van der Waals surface area (Å²) in [6.45, 7) is 1.01. The number of aromatic nitrogens is 1. The molecule has 1 aromatic heterocycles. The fraction of sp³-hybridized carbons (Fsp3) is 0.111. The number of fused-ring (bicyclic) bond motifs is 3. The number of rotatable bonds is 6. The normalized spacial score (nSPS) is 12.3. The maximum atomic E-state index is 11.2. The van der Waals surface area contributed by atoms with Gasteiger partial charge in [0.05, 0.1) is 19.2 Å². The van der Waals surface area contributed by atoms with E-state index in [-0.39, 0.29) is 0 Å². The molecule has 0 saturated carbocycles. The van der Waals surface area contributed by atoms with Gasteiger partial charge in [-0.15, -0.1) is 0 Å². The second kappa shape index (κ2) is 8.58. The lowest BCUT2D eigenvalue weighted by atomic mass is 10.2. The summed E-state index contributed by atoms with van der Waals surface area (Å²) in [6.07, 6.45) is -0.553. The van der Waals surface area contributed by atoms with Gasteiger partial charge in [0.25, 0.3) is 0 Å². The van der Waals surface area contributed by atoms with Crippen molar-refractivity contribution in [3.8, 4) is 0 Å². The zero-order valence-corrected chi connectivity index (χ0v) is 18.6. The Morgan fingerprint density at radius 2 is 1.29 bits per heavy atom. The van der Waals surface area contributed by atoms with Crippen LogP contribution >= 0.6 is 15.9 Å². The molecule has 4 heteroatoms. The molecule has 0 aliphatic carbocycles. The summed E-state index contributed by atoms with van der Waals surface area (Å²) < 4.78 is 3.29. The summed E-state index contributed by atoms with van der Waals surface area (Å²) in [6, 6.07) is 35.2. The third kappa shape index (κ3) is 3.97. The molecule has 0 aliphatic heterocycles. The van der Waals surface area contributed by atoms with Crippen molar-refractivity contribution in [3.63, 3.8) is 0 Å². The summed E-state index contributed by atoms with van der Waals surface area (Å²) in [5.74, 6) is 0. The molecule has 3 nitrogen and oxygen atoms in total. The first-order chi connectivity index (χ1) is 15.2. The van der Waals surface area contributed by atoms with Crippen molar-refractivity contribution in [1.82, 2.24) is 4.57 Å². The second-order valence-electron chi connectivity index (χ2n) is 7.72. The van der Waals surface area contributed by atoms with Crippen LogP contribution in [0.2, 0.25) is 0 Å². The Morgan fingerprint density at radius 1 is 0.710 bits per heavy atom. The molecule has 154 valence electrons. The highest BCUT2D eigenvalue weighted by atomic mass is 79.9. The molecule has 0 aliphatic rings. The lowest BCUT2D eigenvalue weighted by Crippen LogP contribution is -2.31. The summed E-state index contributed by atoms with van der Waals surface area (Å²) >= 11 is 3.60. The van der Waals surface area contributed by atoms with Crippen LogP contribution in [-0.4, -0.2) is 22.3 Å². The zero-order valence-electron chi connectivity index (χ0n) is 17.0. The number of aliphatic hydroxyl groups is 1. The number of nitrogens with zero attached hydrogens (tertiary/aromatic N) is 2. The Hall–Kier alpha value is -3.08. The highest BCUT2D eigenvalue weighted by Crippen LogP contribution is 2.32. The molecule has 1 unspecified atom stereocenters. The zero-order chi connectivity index (χ0) is 21.2. The van der Waals surface area contributed by atoms with Gasteiger partial charge >= 0.3 is 0 Å². The van der Waals surface area contributed by atoms with Crippen LogP contribution < -0.4 is 4.90 Å². The molecule has 0 saturated heterocycles. The minimum absolute atomic E-state index is 0.499. The van der Waals surface area contributed by atoms with Gasteiger partial charge in [-0.05, 0) is 48.5 Å². The van der Waals surface area contributed by atoms with E-state index in [1.54, 1.807) is 0 Å². The van der Waals surface area contributed by atoms with E-state index in [4.69, 9.17) is 0 Å². The standard InChI is InChI=1S/C27H23BrN2O/c28-20-15-16-27-25(17-20)24-13-7-8-14-26(24)30(27)19-23(31)18-29(21-9-3-1-4-10-21)22-11-5-2-6-12-22/h1-17,23,31H,18-19H2. The summed E-state index contributed by atoms with van der Waals surface area (Å²) in [5.41, 5.74) is 4.41. The fourth-order valence-electron chi connectivity index (χ4n) is 4.28. The Morgan fingerprint density at radius 3 is 1.97 bits per heavy atom. The van der Waals surface area contributed by atoms with Crippen molar-refractivity contribution in [2.45, 2.75) is 12.6 Å². The number of halogens is 1. The van der Waals surface area contributed by atoms with E-state index >= 15 is 0 Å². The van der Waals surface area contributed by atoms with E-state index in [0.29, 0.717) is 13.1 Å². The minimum Gasteiger partial charge on any atom is -0.389 e. The Bertz CT molecular complexity index is 1280. The Kier molecular flexibility index (Phi) is 5.49. The molecule has 31 heavy (non-hydrogen) atoms. The van der Waals surface area contributed by atoms with Crippen LogP contribution in [0, 0.1) is 0 Å². The number of hydrogen-bond donors (Lipinski definition) is 1. The molecule has 0 fully saturated rings.